The van der Waals surface area contributed by atoms with Gasteiger partial charge < -0.3 is 14.6 Å². The van der Waals surface area contributed by atoms with E-state index < -0.39 is 0 Å². The van der Waals surface area contributed by atoms with E-state index in [1.807, 2.05) is 39.9 Å². The number of aliphatic hydroxyl groups is 1. The van der Waals surface area contributed by atoms with Gasteiger partial charge in [0.25, 0.3) is 0 Å². The second-order valence-electron chi connectivity index (χ2n) is 5.90. The molecule has 1 N–H and O–H groups in total. The van der Waals surface area contributed by atoms with Crippen LogP contribution in [0.25, 0.3) is 10.9 Å². The lowest BCUT2D eigenvalue weighted by Gasteiger charge is -2.35. The number of fused-ring (bicyclic) bond motifs is 1. The molecule has 0 bridgehead atoms. The first kappa shape index (κ1) is 15.4. The molecule has 5 heteroatoms. The van der Waals surface area contributed by atoms with Gasteiger partial charge in [0, 0.05) is 35.9 Å². The SMILES string of the molecule is O=C(Cn1ccc2ccc(Cl)cc21)N1CCCCC1CCO. The third-order valence-corrected chi connectivity index (χ3v) is 4.69. The quantitative estimate of drug-likeness (QED) is 0.941. The second-order valence-corrected chi connectivity index (χ2v) is 6.33. The van der Waals surface area contributed by atoms with Crippen LogP contribution < -0.4 is 0 Å². The molecular formula is C17H21ClN2O2. The monoisotopic (exact) mass is 320 g/mol. The predicted molar refractivity (Wildman–Crippen MR) is 88.0 cm³/mol. The summed E-state index contributed by atoms with van der Waals surface area (Å²) in [6.45, 7) is 1.26. The minimum Gasteiger partial charge on any atom is -0.396 e. The summed E-state index contributed by atoms with van der Waals surface area (Å²) in [5.41, 5.74) is 0.983. The number of carbonyl (C=O) groups is 1. The number of hydrogen-bond donors (Lipinski definition) is 1. The molecule has 1 unspecified atom stereocenters. The highest BCUT2D eigenvalue weighted by molar-refractivity contribution is 6.31. The minimum atomic E-state index is 0.121. The third-order valence-electron chi connectivity index (χ3n) is 4.45. The Balaban J connectivity index is 1.78. The van der Waals surface area contributed by atoms with Gasteiger partial charge in [0.05, 0.1) is 0 Å². The smallest absolute Gasteiger partial charge is 0.242 e. The van der Waals surface area contributed by atoms with Gasteiger partial charge in [-0.1, -0.05) is 17.7 Å². The van der Waals surface area contributed by atoms with Crippen molar-refractivity contribution in [3.05, 3.63) is 35.5 Å². The number of piperidine rings is 1. The Hall–Kier alpha value is -1.52. The van der Waals surface area contributed by atoms with Gasteiger partial charge in [0.1, 0.15) is 6.54 Å². The number of aromatic nitrogens is 1. The fourth-order valence-electron chi connectivity index (χ4n) is 3.31. The molecule has 0 saturated carbocycles. The van der Waals surface area contributed by atoms with Gasteiger partial charge in [0.15, 0.2) is 0 Å². The first-order chi connectivity index (χ1) is 10.7. The summed E-state index contributed by atoms with van der Waals surface area (Å²) in [5.74, 6) is 0.121. The highest BCUT2D eigenvalue weighted by Gasteiger charge is 2.26. The molecule has 22 heavy (non-hydrogen) atoms. The fourth-order valence-corrected chi connectivity index (χ4v) is 3.48. The van der Waals surface area contributed by atoms with Gasteiger partial charge in [-0.05, 0) is 49.3 Å². The lowest BCUT2D eigenvalue weighted by Crippen LogP contribution is -2.45. The van der Waals surface area contributed by atoms with Crippen molar-refractivity contribution in [1.29, 1.82) is 0 Å². The fraction of sp³-hybridized carbons (Fsp3) is 0.471. The van der Waals surface area contributed by atoms with Crippen LogP contribution in [0.15, 0.2) is 30.5 Å². The molecule has 2 aromatic rings. The molecule has 1 aliphatic heterocycles. The average molecular weight is 321 g/mol. The molecule has 2 heterocycles. The molecule has 0 spiro atoms. The average Bonchev–Trinajstić information content (AvgIpc) is 2.90. The topological polar surface area (TPSA) is 45.5 Å². The number of rotatable bonds is 4. The van der Waals surface area contributed by atoms with Crippen molar-refractivity contribution in [1.82, 2.24) is 9.47 Å². The molecule has 118 valence electrons. The number of hydrogen-bond acceptors (Lipinski definition) is 2. The van der Waals surface area contributed by atoms with Crippen LogP contribution in [0.5, 0.6) is 0 Å². The van der Waals surface area contributed by atoms with E-state index in [0.717, 1.165) is 36.7 Å². The maximum atomic E-state index is 12.7. The molecule has 1 atom stereocenters. The Morgan fingerprint density at radius 3 is 3.00 bits per heavy atom. The maximum absolute atomic E-state index is 12.7. The number of benzene rings is 1. The highest BCUT2D eigenvalue weighted by Crippen LogP contribution is 2.23. The molecule has 0 aliphatic carbocycles. The first-order valence-corrected chi connectivity index (χ1v) is 8.21. The Morgan fingerprint density at radius 1 is 1.32 bits per heavy atom. The maximum Gasteiger partial charge on any atom is 0.242 e. The van der Waals surface area contributed by atoms with Crippen LogP contribution in [0.1, 0.15) is 25.7 Å². The Labute approximate surface area is 135 Å². The first-order valence-electron chi connectivity index (χ1n) is 7.84. The number of likely N-dealkylation sites (tertiary alicyclic amines) is 1. The van der Waals surface area contributed by atoms with Crippen LogP contribution in [-0.2, 0) is 11.3 Å². The van der Waals surface area contributed by atoms with Crippen LogP contribution in [-0.4, -0.2) is 39.7 Å². The van der Waals surface area contributed by atoms with Gasteiger partial charge in [-0.2, -0.15) is 0 Å². The summed E-state index contributed by atoms with van der Waals surface area (Å²) < 4.78 is 1.95. The summed E-state index contributed by atoms with van der Waals surface area (Å²) in [6, 6.07) is 7.90. The lowest BCUT2D eigenvalue weighted by atomic mass is 9.99. The molecule has 4 nitrogen and oxygen atoms in total. The van der Waals surface area contributed by atoms with Gasteiger partial charge in [-0.25, -0.2) is 0 Å². The van der Waals surface area contributed by atoms with E-state index in [0.29, 0.717) is 18.0 Å². The molecule has 1 amide bonds. The van der Waals surface area contributed by atoms with Crippen LogP contribution >= 0.6 is 11.6 Å². The van der Waals surface area contributed by atoms with E-state index in [1.165, 1.54) is 0 Å². The van der Waals surface area contributed by atoms with Crippen molar-refractivity contribution in [3.63, 3.8) is 0 Å². The van der Waals surface area contributed by atoms with Crippen LogP contribution in [0.3, 0.4) is 0 Å². The molecule has 1 saturated heterocycles. The summed E-state index contributed by atoms with van der Waals surface area (Å²) in [5, 5.41) is 11.0. The molecule has 1 fully saturated rings. The third kappa shape index (κ3) is 3.13. The molecule has 1 aromatic heterocycles. The Morgan fingerprint density at radius 2 is 2.18 bits per heavy atom. The zero-order chi connectivity index (χ0) is 15.5. The minimum absolute atomic E-state index is 0.121. The van der Waals surface area contributed by atoms with E-state index in [1.54, 1.807) is 0 Å². The van der Waals surface area contributed by atoms with E-state index in [9.17, 15) is 9.90 Å². The van der Waals surface area contributed by atoms with E-state index >= 15 is 0 Å². The molecule has 1 aliphatic rings. The largest absolute Gasteiger partial charge is 0.396 e. The summed E-state index contributed by atoms with van der Waals surface area (Å²) in [4.78, 5) is 14.6. The van der Waals surface area contributed by atoms with Crippen LogP contribution in [0.2, 0.25) is 5.02 Å². The van der Waals surface area contributed by atoms with Crippen molar-refractivity contribution in [2.24, 2.45) is 0 Å². The van der Waals surface area contributed by atoms with E-state index in [4.69, 9.17) is 11.6 Å². The zero-order valence-electron chi connectivity index (χ0n) is 12.5. The summed E-state index contributed by atoms with van der Waals surface area (Å²) in [6.07, 6.45) is 5.78. The predicted octanol–water partition coefficient (Wildman–Crippen LogP) is 3.06. The molecule has 3 rings (SSSR count). The number of carbonyl (C=O) groups excluding carboxylic acids is 1. The van der Waals surface area contributed by atoms with Crippen molar-refractivity contribution >= 4 is 28.4 Å². The van der Waals surface area contributed by atoms with E-state index in [-0.39, 0.29) is 18.6 Å². The van der Waals surface area contributed by atoms with Crippen molar-refractivity contribution in [2.45, 2.75) is 38.3 Å². The Kier molecular flexibility index (Phi) is 4.69. The highest BCUT2D eigenvalue weighted by atomic mass is 35.5. The number of amides is 1. The Bertz CT molecular complexity index is 666. The van der Waals surface area contributed by atoms with Crippen molar-refractivity contribution in [3.8, 4) is 0 Å². The lowest BCUT2D eigenvalue weighted by molar-refractivity contribution is -0.135. The normalized spacial score (nSPS) is 18.8. The van der Waals surface area contributed by atoms with Crippen molar-refractivity contribution in [2.75, 3.05) is 13.2 Å². The van der Waals surface area contributed by atoms with Gasteiger partial charge in [0.2, 0.25) is 5.91 Å². The summed E-state index contributed by atoms with van der Waals surface area (Å²) >= 11 is 6.06. The summed E-state index contributed by atoms with van der Waals surface area (Å²) in [7, 11) is 0. The molecule has 0 radical (unpaired) electrons. The van der Waals surface area contributed by atoms with Gasteiger partial charge >= 0.3 is 0 Å². The van der Waals surface area contributed by atoms with Gasteiger partial charge in [-0.3, -0.25) is 4.79 Å². The molecular weight excluding hydrogens is 300 g/mol. The van der Waals surface area contributed by atoms with Gasteiger partial charge in [-0.15, -0.1) is 0 Å². The number of aliphatic hydroxyl groups excluding tert-OH is 1. The van der Waals surface area contributed by atoms with Crippen molar-refractivity contribution < 1.29 is 9.90 Å². The van der Waals surface area contributed by atoms with E-state index in [2.05, 4.69) is 0 Å². The second kappa shape index (κ2) is 6.71. The zero-order valence-corrected chi connectivity index (χ0v) is 13.3. The van der Waals surface area contributed by atoms with Crippen LogP contribution in [0.4, 0.5) is 0 Å². The van der Waals surface area contributed by atoms with Crippen LogP contribution in [0, 0.1) is 0 Å². The number of nitrogens with zero attached hydrogens (tertiary/aromatic N) is 2. The molecule has 1 aromatic carbocycles. The number of halogens is 1. The standard InChI is InChI=1S/C17H21ClN2O2/c18-14-5-4-13-6-9-19(16(13)11-14)12-17(22)20-8-2-1-3-15(20)7-10-21/h4-6,9,11,15,21H,1-3,7-8,10,12H2.